The van der Waals surface area contributed by atoms with E-state index in [1.54, 1.807) is 36.4 Å². The van der Waals surface area contributed by atoms with E-state index in [0.29, 0.717) is 22.1 Å². The lowest BCUT2D eigenvalue weighted by molar-refractivity contribution is 0.0602. The number of hydrogen-bond acceptors (Lipinski definition) is 5. The average Bonchev–Trinajstić information content (AvgIpc) is 2.71. The van der Waals surface area contributed by atoms with E-state index in [-0.39, 0.29) is 11.5 Å². The number of hydrogen-bond donors (Lipinski definition) is 2. The van der Waals surface area contributed by atoms with Crippen molar-refractivity contribution in [3.05, 3.63) is 82.5 Å². The van der Waals surface area contributed by atoms with Crippen LogP contribution in [0.25, 0.3) is 0 Å². The Morgan fingerprint density at radius 1 is 1.04 bits per heavy atom. The van der Waals surface area contributed by atoms with Gasteiger partial charge in [-0.05, 0) is 48.9 Å². The molecule has 0 saturated heterocycles. The summed E-state index contributed by atoms with van der Waals surface area (Å²) in [6, 6.07) is 15.5. The third kappa shape index (κ3) is 4.47. The number of rotatable bonds is 5. The number of amides is 1. The van der Waals surface area contributed by atoms with Crippen LogP contribution in [0.4, 0.5) is 17.2 Å². The highest BCUT2D eigenvalue weighted by Crippen LogP contribution is 2.23. The highest BCUT2D eigenvalue weighted by molar-refractivity contribution is 6.30. The fourth-order valence-electron chi connectivity index (χ4n) is 2.54. The van der Waals surface area contributed by atoms with Gasteiger partial charge in [0.05, 0.1) is 23.9 Å². The molecule has 0 aliphatic rings. The zero-order chi connectivity index (χ0) is 20.1. The number of carbonyl (C=O) groups excluding carboxylic acids is 2. The van der Waals surface area contributed by atoms with Crippen molar-refractivity contribution in [1.29, 1.82) is 0 Å². The van der Waals surface area contributed by atoms with E-state index in [1.807, 2.05) is 25.1 Å². The molecule has 0 radical (unpaired) electrons. The van der Waals surface area contributed by atoms with Gasteiger partial charge in [0.2, 0.25) is 0 Å². The van der Waals surface area contributed by atoms with Crippen LogP contribution in [0.1, 0.15) is 26.3 Å². The standard InChI is InChI=1S/C21H18ClN3O3/c1-13-7-9-15(22)11-18(13)24-19-10-8-14(12-23-19)20(26)25-17-6-4-3-5-16(17)21(27)28-2/h3-12H,1-2H3,(H,23,24)(H,25,26). The number of ether oxygens (including phenoxy) is 1. The minimum Gasteiger partial charge on any atom is -0.465 e. The molecule has 6 nitrogen and oxygen atoms in total. The molecule has 0 spiro atoms. The van der Waals surface area contributed by atoms with Crippen molar-refractivity contribution in [3.8, 4) is 0 Å². The van der Waals surface area contributed by atoms with Crippen molar-refractivity contribution in [2.45, 2.75) is 6.92 Å². The second-order valence-corrected chi connectivity index (χ2v) is 6.44. The molecule has 142 valence electrons. The van der Waals surface area contributed by atoms with E-state index in [2.05, 4.69) is 15.6 Å². The van der Waals surface area contributed by atoms with Crippen molar-refractivity contribution >= 4 is 40.7 Å². The van der Waals surface area contributed by atoms with Crippen LogP contribution in [0.5, 0.6) is 0 Å². The van der Waals surface area contributed by atoms with Gasteiger partial charge in [-0.1, -0.05) is 29.8 Å². The monoisotopic (exact) mass is 395 g/mol. The van der Waals surface area contributed by atoms with Gasteiger partial charge in [0.1, 0.15) is 5.82 Å². The summed E-state index contributed by atoms with van der Waals surface area (Å²) >= 11 is 6.03. The number of halogens is 1. The van der Waals surface area contributed by atoms with Gasteiger partial charge in [0.25, 0.3) is 5.91 Å². The number of nitrogens with one attached hydrogen (secondary N) is 2. The summed E-state index contributed by atoms with van der Waals surface area (Å²) in [7, 11) is 1.29. The summed E-state index contributed by atoms with van der Waals surface area (Å²) < 4.78 is 4.73. The largest absolute Gasteiger partial charge is 0.465 e. The Kier molecular flexibility index (Phi) is 5.91. The topological polar surface area (TPSA) is 80.3 Å². The fourth-order valence-corrected chi connectivity index (χ4v) is 2.72. The van der Waals surface area contributed by atoms with Crippen LogP contribution in [0.2, 0.25) is 5.02 Å². The minimum atomic E-state index is -0.523. The maximum absolute atomic E-state index is 12.5. The molecule has 0 atom stereocenters. The lowest BCUT2D eigenvalue weighted by atomic mass is 10.1. The molecule has 0 aliphatic carbocycles. The Labute approximate surface area is 167 Å². The predicted octanol–water partition coefficient (Wildman–Crippen LogP) is 4.83. The van der Waals surface area contributed by atoms with Gasteiger partial charge in [-0.25, -0.2) is 9.78 Å². The van der Waals surface area contributed by atoms with Gasteiger partial charge in [-0.15, -0.1) is 0 Å². The first-order valence-corrected chi connectivity index (χ1v) is 8.83. The Bertz CT molecular complexity index is 1020. The van der Waals surface area contributed by atoms with Gasteiger partial charge < -0.3 is 15.4 Å². The second-order valence-electron chi connectivity index (χ2n) is 6.01. The molecule has 3 rings (SSSR count). The molecule has 1 aromatic heterocycles. The Hall–Kier alpha value is -3.38. The number of aromatic nitrogens is 1. The number of nitrogens with zero attached hydrogens (tertiary/aromatic N) is 1. The highest BCUT2D eigenvalue weighted by Gasteiger charge is 2.14. The molecule has 0 saturated carbocycles. The molecule has 1 amide bonds. The van der Waals surface area contributed by atoms with Crippen LogP contribution < -0.4 is 10.6 Å². The number of para-hydroxylation sites is 1. The number of carbonyl (C=O) groups is 2. The van der Waals surface area contributed by atoms with Crippen molar-refractivity contribution in [2.24, 2.45) is 0 Å². The lowest BCUT2D eigenvalue weighted by Gasteiger charge is -2.11. The van der Waals surface area contributed by atoms with Crippen molar-refractivity contribution in [1.82, 2.24) is 4.98 Å². The molecule has 1 heterocycles. The summed E-state index contributed by atoms with van der Waals surface area (Å²) in [5.74, 6) is -0.323. The van der Waals surface area contributed by atoms with Crippen LogP contribution in [0.3, 0.4) is 0 Å². The molecule has 2 aromatic carbocycles. The normalized spacial score (nSPS) is 10.2. The average molecular weight is 396 g/mol. The van der Waals surface area contributed by atoms with Crippen LogP contribution in [-0.4, -0.2) is 24.0 Å². The molecule has 28 heavy (non-hydrogen) atoms. The number of esters is 1. The lowest BCUT2D eigenvalue weighted by Crippen LogP contribution is -2.15. The van der Waals surface area contributed by atoms with E-state index in [9.17, 15) is 9.59 Å². The summed E-state index contributed by atoms with van der Waals surface area (Å²) in [6.45, 7) is 1.96. The smallest absolute Gasteiger partial charge is 0.339 e. The van der Waals surface area contributed by atoms with E-state index in [4.69, 9.17) is 16.3 Å². The van der Waals surface area contributed by atoms with Gasteiger partial charge in [-0.2, -0.15) is 0 Å². The number of aryl methyl sites for hydroxylation is 1. The predicted molar refractivity (Wildman–Crippen MR) is 109 cm³/mol. The number of methoxy groups -OCH3 is 1. The first-order chi connectivity index (χ1) is 13.5. The summed E-state index contributed by atoms with van der Waals surface area (Å²) in [6.07, 6.45) is 1.46. The zero-order valence-corrected chi connectivity index (χ0v) is 16.1. The Morgan fingerprint density at radius 2 is 1.82 bits per heavy atom. The quantitative estimate of drug-likeness (QED) is 0.605. The first-order valence-electron chi connectivity index (χ1n) is 8.46. The molecule has 2 N–H and O–H groups in total. The van der Waals surface area contributed by atoms with Gasteiger partial charge >= 0.3 is 5.97 Å². The number of pyridine rings is 1. The van der Waals surface area contributed by atoms with E-state index < -0.39 is 5.97 Å². The SMILES string of the molecule is COC(=O)c1ccccc1NC(=O)c1ccc(Nc2cc(Cl)ccc2C)nc1. The third-order valence-corrected chi connectivity index (χ3v) is 4.30. The summed E-state index contributed by atoms with van der Waals surface area (Å²) in [5.41, 5.74) is 2.86. The maximum atomic E-state index is 12.5. The first kappa shape index (κ1) is 19.4. The molecule has 7 heteroatoms. The van der Waals surface area contributed by atoms with Crippen LogP contribution >= 0.6 is 11.6 Å². The Morgan fingerprint density at radius 3 is 2.54 bits per heavy atom. The van der Waals surface area contributed by atoms with Crippen molar-refractivity contribution in [2.75, 3.05) is 17.7 Å². The van der Waals surface area contributed by atoms with Crippen LogP contribution in [-0.2, 0) is 4.74 Å². The van der Waals surface area contributed by atoms with Gasteiger partial charge in [0.15, 0.2) is 0 Å². The van der Waals surface area contributed by atoms with Crippen LogP contribution in [0, 0.1) is 6.92 Å². The van der Waals surface area contributed by atoms with E-state index in [0.717, 1.165) is 11.3 Å². The minimum absolute atomic E-state index is 0.279. The second kappa shape index (κ2) is 8.54. The summed E-state index contributed by atoms with van der Waals surface area (Å²) in [5, 5.41) is 6.50. The Balaban J connectivity index is 1.74. The zero-order valence-electron chi connectivity index (χ0n) is 15.3. The number of benzene rings is 2. The van der Waals surface area contributed by atoms with Gasteiger partial charge in [-0.3, -0.25) is 4.79 Å². The van der Waals surface area contributed by atoms with E-state index in [1.165, 1.54) is 13.3 Å². The molecular weight excluding hydrogens is 378 g/mol. The maximum Gasteiger partial charge on any atom is 0.339 e. The van der Waals surface area contributed by atoms with Crippen molar-refractivity contribution < 1.29 is 14.3 Å². The van der Waals surface area contributed by atoms with Crippen LogP contribution in [0.15, 0.2) is 60.8 Å². The number of anilines is 3. The molecule has 0 aliphatic heterocycles. The van der Waals surface area contributed by atoms with E-state index >= 15 is 0 Å². The molecule has 3 aromatic rings. The molecule has 0 bridgehead atoms. The van der Waals surface area contributed by atoms with Gasteiger partial charge in [0, 0.05) is 16.9 Å². The molecular formula is C21H18ClN3O3. The third-order valence-electron chi connectivity index (χ3n) is 4.07. The fraction of sp³-hybridized carbons (Fsp3) is 0.0952. The molecule has 0 fully saturated rings. The summed E-state index contributed by atoms with van der Waals surface area (Å²) in [4.78, 5) is 28.6. The van der Waals surface area contributed by atoms with Crippen molar-refractivity contribution in [3.63, 3.8) is 0 Å². The highest BCUT2D eigenvalue weighted by atomic mass is 35.5. The molecule has 0 unspecified atom stereocenters.